The number of unbranched alkanes of at least 4 members (excludes halogenated alkanes) is 10. The molecule has 158 valence electrons. The Hall–Kier alpha value is -1.91. The van der Waals surface area contributed by atoms with Gasteiger partial charge < -0.3 is 10.1 Å². The number of rotatable bonds is 15. The molecule has 0 aliphatic rings. The number of carbonyl (C=O) groups excluding carboxylic acids is 2. The van der Waals surface area contributed by atoms with Crippen LogP contribution in [0.25, 0.3) is 0 Å². The van der Waals surface area contributed by atoms with Gasteiger partial charge in [-0.05, 0) is 31.5 Å². The maximum atomic E-state index is 13.2. The van der Waals surface area contributed by atoms with Crippen molar-refractivity contribution in [1.82, 2.24) is 5.32 Å². The molecule has 0 bridgehead atoms. The van der Waals surface area contributed by atoms with Crippen LogP contribution < -0.4 is 5.32 Å². The number of esters is 1. The molecule has 1 aromatic carbocycles. The second kappa shape index (κ2) is 15.1. The highest BCUT2D eigenvalue weighted by Crippen LogP contribution is 2.11. The Labute approximate surface area is 169 Å². The lowest BCUT2D eigenvalue weighted by Gasteiger charge is -2.13. The highest BCUT2D eigenvalue weighted by molar-refractivity contribution is 5.96. The number of halogens is 1. The first kappa shape index (κ1) is 24.1. The van der Waals surface area contributed by atoms with Gasteiger partial charge in [-0.25, -0.2) is 9.18 Å². The van der Waals surface area contributed by atoms with E-state index in [2.05, 4.69) is 12.2 Å². The molecule has 1 amide bonds. The zero-order valence-electron chi connectivity index (χ0n) is 17.5. The zero-order chi connectivity index (χ0) is 20.6. The zero-order valence-corrected chi connectivity index (χ0v) is 17.5. The van der Waals surface area contributed by atoms with Crippen LogP contribution in [-0.2, 0) is 9.53 Å². The molecule has 1 rings (SSSR count). The molecule has 0 heterocycles. The Kier molecular flexibility index (Phi) is 13.0. The van der Waals surface area contributed by atoms with Crippen LogP contribution in [0.4, 0.5) is 4.39 Å². The van der Waals surface area contributed by atoms with E-state index in [9.17, 15) is 14.0 Å². The minimum atomic E-state index is -0.761. The van der Waals surface area contributed by atoms with Crippen LogP contribution in [0.1, 0.15) is 94.8 Å². The van der Waals surface area contributed by atoms with Crippen LogP contribution in [0, 0.1) is 5.82 Å². The summed E-state index contributed by atoms with van der Waals surface area (Å²) in [5, 5.41) is 2.54. The van der Waals surface area contributed by atoms with Crippen molar-refractivity contribution in [3.8, 4) is 0 Å². The smallest absolute Gasteiger partial charge is 0.328 e. The minimum absolute atomic E-state index is 0.185. The molecule has 0 spiro atoms. The number of carbonyl (C=O) groups is 2. The predicted molar refractivity (Wildman–Crippen MR) is 111 cm³/mol. The Morgan fingerprint density at radius 3 is 2.11 bits per heavy atom. The van der Waals surface area contributed by atoms with Gasteiger partial charge in [-0.2, -0.15) is 0 Å². The van der Waals surface area contributed by atoms with E-state index in [1.54, 1.807) is 6.92 Å². The Morgan fingerprint density at radius 1 is 0.964 bits per heavy atom. The first-order valence-corrected chi connectivity index (χ1v) is 10.8. The molecule has 0 aromatic heterocycles. The van der Waals surface area contributed by atoms with Gasteiger partial charge in [-0.15, -0.1) is 0 Å². The lowest BCUT2D eigenvalue weighted by atomic mass is 10.1. The quantitative estimate of drug-likeness (QED) is 0.303. The van der Waals surface area contributed by atoms with Crippen molar-refractivity contribution in [1.29, 1.82) is 0 Å². The van der Waals surface area contributed by atoms with Crippen molar-refractivity contribution in [2.75, 3.05) is 6.61 Å². The Morgan fingerprint density at radius 2 is 1.54 bits per heavy atom. The number of amides is 1. The van der Waals surface area contributed by atoms with Crippen LogP contribution in [0.5, 0.6) is 0 Å². The molecule has 1 atom stereocenters. The maximum Gasteiger partial charge on any atom is 0.328 e. The van der Waals surface area contributed by atoms with E-state index in [-0.39, 0.29) is 5.56 Å². The van der Waals surface area contributed by atoms with Gasteiger partial charge in [0.1, 0.15) is 11.9 Å². The first-order chi connectivity index (χ1) is 13.5. The molecule has 1 aromatic rings. The fraction of sp³-hybridized carbons (Fsp3) is 0.652. The van der Waals surface area contributed by atoms with Gasteiger partial charge in [0.05, 0.1) is 6.61 Å². The summed E-state index contributed by atoms with van der Waals surface area (Å²) in [6.45, 7) is 4.18. The van der Waals surface area contributed by atoms with Gasteiger partial charge in [0.2, 0.25) is 0 Å². The molecule has 0 saturated carbocycles. The third-order valence-electron chi connectivity index (χ3n) is 4.78. The number of benzene rings is 1. The predicted octanol–water partition coefficient (Wildman–Crippen LogP) is 5.80. The fourth-order valence-electron chi connectivity index (χ4n) is 3.03. The molecule has 4 nitrogen and oxygen atoms in total. The van der Waals surface area contributed by atoms with Crippen molar-refractivity contribution >= 4 is 11.9 Å². The van der Waals surface area contributed by atoms with E-state index in [0.717, 1.165) is 18.9 Å². The SMILES string of the molecule is CCCCCCCCCCCCCOC(=O)[C@H](C)NC(=O)c1cccc(F)c1. The Bertz CT molecular complexity index is 577. The molecular formula is C23H36FNO3. The average Bonchev–Trinajstić information content (AvgIpc) is 2.68. The van der Waals surface area contributed by atoms with E-state index in [0.29, 0.717) is 6.61 Å². The molecule has 0 aliphatic carbocycles. The molecular weight excluding hydrogens is 357 g/mol. The topological polar surface area (TPSA) is 55.4 Å². The van der Waals surface area contributed by atoms with Crippen LogP contribution in [0.2, 0.25) is 0 Å². The van der Waals surface area contributed by atoms with Crippen molar-refractivity contribution in [2.45, 2.75) is 90.5 Å². The maximum absolute atomic E-state index is 13.2. The molecule has 0 fully saturated rings. The lowest BCUT2D eigenvalue weighted by Crippen LogP contribution is -2.39. The van der Waals surface area contributed by atoms with E-state index in [4.69, 9.17) is 4.74 Å². The van der Waals surface area contributed by atoms with Crippen LogP contribution in [0.3, 0.4) is 0 Å². The summed E-state index contributed by atoms with van der Waals surface area (Å²) in [4.78, 5) is 23.9. The molecule has 5 heteroatoms. The largest absolute Gasteiger partial charge is 0.464 e. The highest BCUT2D eigenvalue weighted by atomic mass is 19.1. The monoisotopic (exact) mass is 393 g/mol. The summed E-state index contributed by atoms with van der Waals surface area (Å²) < 4.78 is 18.4. The van der Waals surface area contributed by atoms with E-state index < -0.39 is 23.7 Å². The average molecular weight is 394 g/mol. The number of hydrogen-bond donors (Lipinski definition) is 1. The van der Waals surface area contributed by atoms with Crippen LogP contribution in [-0.4, -0.2) is 24.5 Å². The molecule has 28 heavy (non-hydrogen) atoms. The third kappa shape index (κ3) is 11.1. The van der Waals surface area contributed by atoms with E-state index in [1.165, 1.54) is 76.0 Å². The van der Waals surface area contributed by atoms with Crippen molar-refractivity contribution in [2.24, 2.45) is 0 Å². The second-order valence-electron chi connectivity index (χ2n) is 7.41. The summed E-state index contributed by atoms with van der Waals surface area (Å²) in [5.41, 5.74) is 0.185. The number of nitrogens with one attached hydrogen (secondary N) is 1. The van der Waals surface area contributed by atoms with Gasteiger partial charge in [0.25, 0.3) is 5.91 Å². The van der Waals surface area contributed by atoms with E-state index in [1.807, 2.05) is 0 Å². The molecule has 0 aliphatic heterocycles. The van der Waals surface area contributed by atoms with Gasteiger partial charge in [-0.3, -0.25) is 4.79 Å². The van der Waals surface area contributed by atoms with E-state index >= 15 is 0 Å². The number of hydrogen-bond acceptors (Lipinski definition) is 3. The normalized spacial score (nSPS) is 11.8. The van der Waals surface area contributed by atoms with Crippen molar-refractivity contribution in [3.63, 3.8) is 0 Å². The first-order valence-electron chi connectivity index (χ1n) is 10.8. The fourth-order valence-corrected chi connectivity index (χ4v) is 3.03. The van der Waals surface area contributed by atoms with Gasteiger partial charge in [0, 0.05) is 5.56 Å². The summed E-state index contributed by atoms with van der Waals surface area (Å²) in [6.07, 6.45) is 13.6. The standard InChI is InChI=1S/C23H36FNO3/c1-3-4-5-6-7-8-9-10-11-12-13-17-28-23(27)19(2)25-22(26)20-15-14-16-21(24)18-20/h14-16,18-19H,3-13,17H2,1-2H3,(H,25,26)/t19-/m0/s1. The summed E-state index contributed by atoms with van der Waals surface area (Å²) >= 11 is 0. The Balaban J connectivity index is 2.03. The summed E-state index contributed by atoms with van der Waals surface area (Å²) in [7, 11) is 0. The molecule has 0 saturated heterocycles. The molecule has 0 unspecified atom stereocenters. The lowest BCUT2D eigenvalue weighted by molar-refractivity contribution is -0.145. The second-order valence-corrected chi connectivity index (χ2v) is 7.41. The minimum Gasteiger partial charge on any atom is -0.464 e. The molecule has 0 radical (unpaired) electrons. The summed E-state index contributed by atoms with van der Waals surface area (Å²) in [5.74, 6) is -1.44. The third-order valence-corrected chi connectivity index (χ3v) is 4.78. The van der Waals surface area contributed by atoms with Crippen molar-refractivity contribution in [3.05, 3.63) is 35.6 Å². The highest BCUT2D eigenvalue weighted by Gasteiger charge is 2.18. The van der Waals surface area contributed by atoms with Crippen molar-refractivity contribution < 1.29 is 18.7 Å². The van der Waals surface area contributed by atoms with Crippen LogP contribution in [0.15, 0.2) is 24.3 Å². The van der Waals surface area contributed by atoms with Crippen LogP contribution >= 0.6 is 0 Å². The summed E-state index contributed by atoms with van der Waals surface area (Å²) in [6, 6.07) is 4.60. The van der Waals surface area contributed by atoms with Gasteiger partial charge in [0.15, 0.2) is 0 Å². The van der Waals surface area contributed by atoms with Gasteiger partial charge in [-0.1, -0.05) is 77.2 Å². The molecule has 1 N–H and O–H groups in total. The number of ether oxygens (including phenoxy) is 1. The van der Waals surface area contributed by atoms with Gasteiger partial charge >= 0.3 is 5.97 Å².